The summed E-state index contributed by atoms with van der Waals surface area (Å²) >= 11 is 0. The van der Waals surface area contributed by atoms with Gasteiger partial charge in [0.05, 0.1) is 16.6 Å². The maximum atomic E-state index is 5.22. The van der Waals surface area contributed by atoms with Gasteiger partial charge in [-0.3, -0.25) is 4.40 Å². The van der Waals surface area contributed by atoms with Crippen molar-refractivity contribution >= 4 is 38.4 Å². The van der Waals surface area contributed by atoms with E-state index in [1.54, 1.807) is 5.56 Å². The van der Waals surface area contributed by atoms with E-state index in [0.29, 0.717) is 0 Å². The van der Waals surface area contributed by atoms with Gasteiger partial charge in [-0.05, 0) is 61.1 Å². The van der Waals surface area contributed by atoms with E-state index in [1.807, 2.05) is 0 Å². The lowest BCUT2D eigenvalue weighted by atomic mass is 9.93. The number of pyridine rings is 2. The zero-order valence-corrected chi connectivity index (χ0v) is 18.8. The number of para-hydroxylation sites is 2. The molecule has 158 valence electrons. The first-order valence-electron chi connectivity index (χ1n) is 12.0. The highest BCUT2D eigenvalue weighted by molar-refractivity contribution is 6.00. The van der Waals surface area contributed by atoms with Crippen LogP contribution in [0.2, 0.25) is 0 Å². The van der Waals surface area contributed by atoms with E-state index in [-0.39, 0.29) is 0 Å². The summed E-state index contributed by atoms with van der Waals surface area (Å²) < 4.78 is 2.43. The third-order valence-electron chi connectivity index (χ3n) is 6.69. The minimum absolute atomic E-state index is 1.08. The average Bonchev–Trinajstić information content (AvgIpc) is 3.19. The fourth-order valence-electron chi connectivity index (χ4n) is 5.09. The van der Waals surface area contributed by atoms with Gasteiger partial charge in [0.2, 0.25) is 0 Å². The fourth-order valence-corrected chi connectivity index (χ4v) is 5.09. The molecule has 0 bridgehead atoms. The lowest BCUT2D eigenvalue weighted by Gasteiger charge is -2.17. The van der Waals surface area contributed by atoms with Crippen molar-refractivity contribution in [3.05, 3.63) is 71.8 Å². The Morgan fingerprint density at radius 2 is 1.35 bits per heavy atom. The summed E-state index contributed by atoms with van der Waals surface area (Å²) in [4.78, 5) is 5.22. The molecule has 0 amide bonds. The summed E-state index contributed by atoms with van der Waals surface area (Å²) in [5.41, 5.74) is 7.90. The van der Waals surface area contributed by atoms with Gasteiger partial charge in [0, 0.05) is 16.2 Å². The van der Waals surface area contributed by atoms with E-state index in [1.165, 1.54) is 71.3 Å². The Kier molecular flexibility index (Phi) is 5.63. The molecule has 0 aliphatic heterocycles. The van der Waals surface area contributed by atoms with Gasteiger partial charge in [-0.1, -0.05) is 75.9 Å². The number of nitrogens with zero attached hydrogens (tertiary/aromatic N) is 2. The molecule has 3 aromatic heterocycles. The molecule has 2 nitrogen and oxygen atoms in total. The second-order valence-corrected chi connectivity index (χ2v) is 8.85. The first kappa shape index (κ1) is 20.1. The number of aryl methyl sites for hydroxylation is 2. The summed E-state index contributed by atoms with van der Waals surface area (Å²) in [5, 5.41) is 3.89. The summed E-state index contributed by atoms with van der Waals surface area (Å²) in [5.74, 6) is 0. The van der Waals surface area contributed by atoms with Crippen LogP contribution in [-0.2, 0) is 12.8 Å². The molecule has 0 atom stereocenters. The smallest absolute Gasteiger partial charge is 0.145 e. The van der Waals surface area contributed by atoms with Crippen molar-refractivity contribution in [2.75, 3.05) is 0 Å². The highest BCUT2D eigenvalue weighted by atomic mass is 15.0. The van der Waals surface area contributed by atoms with E-state index in [4.69, 9.17) is 4.98 Å². The maximum absolute atomic E-state index is 5.22. The van der Waals surface area contributed by atoms with Crippen LogP contribution in [0.5, 0.6) is 0 Å². The molecule has 0 radical (unpaired) electrons. The number of rotatable bonds is 8. The highest BCUT2D eigenvalue weighted by Gasteiger charge is 2.18. The Balaban J connectivity index is 1.88. The van der Waals surface area contributed by atoms with Crippen LogP contribution in [0.25, 0.3) is 38.4 Å². The number of benzene rings is 2. The normalized spacial score (nSPS) is 11.9. The van der Waals surface area contributed by atoms with Crippen LogP contribution >= 0.6 is 0 Å². The lowest BCUT2D eigenvalue weighted by Crippen LogP contribution is -2.04. The molecule has 0 aliphatic rings. The maximum Gasteiger partial charge on any atom is 0.145 e. The molecule has 0 spiro atoms. The monoisotopic (exact) mass is 408 g/mol. The van der Waals surface area contributed by atoms with Crippen LogP contribution in [-0.4, -0.2) is 9.38 Å². The van der Waals surface area contributed by atoms with Crippen molar-refractivity contribution in [3.63, 3.8) is 0 Å². The Bertz CT molecular complexity index is 1360. The molecular formula is C29H32N2. The lowest BCUT2D eigenvalue weighted by molar-refractivity contribution is 0.696. The second kappa shape index (κ2) is 8.70. The molecule has 31 heavy (non-hydrogen) atoms. The predicted octanol–water partition coefficient (Wildman–Crippen LogP) is 8.26. The zero-order valence-electron chi connectivity index (χ0n) is 18.8. The molecule has 2 heteroatoms. The Morgan fingerprint density at radius 3 is 2.13 bits per heavy atom. The summed E-state index contributed by atoms with van der Waals surface area (Å²) in [7, 11) is 0. The molecule has 3 heterocycles. The van der Waals surface area contributed by atoms with Gasteiger partial charge in [-0.25, -0.2) is 4.98 Å². The molecule has 2 aromatic carbocycles. The first-order valence-corrected chi connectivity index (χ1v) is 12.0. The van der Waals surface area contributed by atoms with E-state index in [9.17, 15) is 0 Å². The average molecular weight is 409 g/mol. The molecule has 5 aromatic rings. The molecule has 0 N–H and O–H groups in total. The van der Waals surface area contributed by atoms with Gasteiger partial charge < -0.3 is 0 Å². The van der Waals surface area contributed by atoms with Crippen molar-refractivity contribution in [1.82, 2.24) is 9.38 Å². The van der Waals surface area contributed by atoms with Crippen LogP contribution in [0, 0.1) is 0 Å². The van der Waals surface area contributed by atoms with Gasteiger partial charge in [-0.2, -0.15) is 0 Å². The van der Waals surface area contributed by atoms with Crippen LogP contribution in [0.4, 0.5) is 0 Å². The summed E-state index contributed by atoms with van der Waals surface area (Å²) in [6, 6.07) is 22.1. The Hall–Kier alpha value is -2.87. The van der Waals surface area contributed by atoms with Crippen LogP contribution in [0.1, 0.15) is 63.5 Å². The zero-order chi connectivity index (χ0) is 21.2. The van der Waals surface area contributed by atoms with Crippen molar-refractivity contribution in [3.8, 4) is 0 Å². The fraction of sp³-hybridized carbons (Fsp3) is 0.345. The van der Waals surface area contributed by atoms with Crippen LogP contribution < -0.4 is 0 Å². The Labute approximate surface area is 184 Å². The molecule has 0 saturated carbocycles. The second-order valence-electron chi connectivity index (χ2n) is 8.85. The Morgan fingerprint density at radius 1 is 0.677 bits per heavy atom. The van der Waals surface area contributed by atoms with Crippen LogP contribution in [0.15, 0.2) is 60.7 Å². The van der Waals surface area contributed by atoms with E-state index in [2.05, 4.69) is 78.9 Å². The van der Waals surface area contributed by atoms with Crippen LogP contribution in [0.3, 0.4) is 0 Å². The van der Waals surface area contributed by atoms with Gasteiger partial charge in [0.15, 0.2) is 0 Å². The summed E-state index contributed by atoms with van der Waals surface area (Å²) in [6.45, 7) is 4.58. The highest BCUT2D eigenvalue weighted by Crippen LogP contribution is 2.35. The van der Waals surface area contributed by atoms with Crippen molar-refractivity contribution in [2.24, 2.45) is 0 Å². The third kappa shape index (κ3) is 3.59. The molecule has 0 saturated heterocycles. The van der Waals surface area contributed by atoms with E-state index in [0.717, 1.165) is 24.0 Å². The quantitative estimate of drug-likeness (QED) is 0.186. The SMILES string of the molecule is CCCCCc1c(CCCCC)c2cc3ccccc3n2c2nc3ccccc3cc12. The topological polar surface area (TPSA) is 17.3 Å². The van der Waals surface area contributed by atoms with Gasteiger partial charge in [0.1, 0.15) is 5.65 Å². The molecule has 0 aliphatic carbocycles. The van der Waals surface area contributed by atoms with Crippen molar-refractivity contribution in [2.45, 2.75) is 65.2 Å². The largest absolute Gasteiger partial charge is 0.294 e. The first-order chi connectivity index (χ1) is 15.3. The number of aromatic nitrogens is 2. The molecule has 0 fully saturated rings. The summed E-state index contributed by atoms with van der Waals surface area (Å²) in [6.07, 6.45) is 9.87. The standard InChI is InChI=1S/C29H32N2/c1-3-5-7-15-23-24(16-8-6-4-2)28-20-22-14-10-12-18-27(22)31(28)29-25(23)19-21-13-9-11-17-26(21)30-29/h9-14,17-20H,3-8,15-16H2,1-2H3. The number of unbranched alkanes of at least 4 members (excludes halogenated alkanes) is 4. The van der Waals surface area contributed by atoms with E-state index >= 15 is 0 Å². The predicted molar refractivity (Wildman–Crippen MR) is 134 cm³/mol. The molecule has 5 rings (SSSR count). The minimum atomic E-state index is 1.08. The minimum Gasteiger partial charge on any atom is -0.294 e. The molecular weight excluding hydrogens is 376 g/mol. The molecule has 0 unspecified atom stereocenters. The van der Waals surface area contributed by atoms with Crippen molar-refractivity contribution < 1.29 is 0 Å². The van der Waals surface area contributed by atoms with Gasteiger partial charge in [-0.15, -0.1) is 0 Å². The number of hydrogen-bond donors (Lipinski definition) is 0. The number of fused-ring (bicyclic) bond motifs is 6. The number of hydrogen-bond acceptors (Lipinski definition) is 1. The van der Waals surface area contributed by atoms with Crippen molar-refractivity contribution in [1.29, 1.82) is 0 Å². The third-order valence-corrected chi connectivity index (χ3v) is 6.69. The van der Waals surface area contributed by atoms with Gasteiger partial charge in [0.25, 0.3) is 0 Å². The van der Waals surface area contributed by atoms with Gasteiger partial charge >= 0.3 is 0 Å². The van der Waals surface area contributed by atoms with E-state index < -0.39 is 0 Å².